The highest BCUT2D eigenvalue weighted by molar-refractivity contribution is 6.31. The Labute approximate surface area is 111 Å². The predicted octanol–water partition coefficient (Wildman–Crippen LogP) is 2.49. The van der Waals surface area contributed by atoms with Gasteiger partial charge in [0.25, 0.3) is 0 Å². The van der Waals surface area contributed by atoms with Crippen molar-refractivity contribution in [3.8, 4) is 0 Å². The lowest BCUT2D eigenvalue weighted by Gasteiger charge is -2.22. The van der Waals surface area contributed by atoms with Gasteiger partial charge in [0.05, 0.1) is 16.9 Å². The molecule has 0 radical (unpaired) electrons. The average molecular weight is 267 g/mol. The van der Waals surface area contributed by atoms with Gasteiger partial charge in [-0.1, -0.05) is 41.9 Å². The molecule has 2 aromatic rings. The summed E-state index contributed by atoms with van der Waals surface area (Å²) in [5.74, 6) is 0. The first-order valence-electron chi connectivity index (χ1n) is 5.58. The van der Waals surface area contributed by atoms with E-state index in [-0.39, 0.29) is 0 Å². The third-order valence-electron chi connectivity index (χ3n) is 2.89. The molecule has 96 valence electrons. The van der Waals surface area contributed by atoms with Crippen molar-refractivity contribution in [3.63, 3.8) is 0 Å². The third kappa shape index (κ3) is 2.41. The molecule has 0 aliphatic carbocycles. The van der Waals surface area contributed by atoms with Gasteiger partial charge in [0.1, 0.15) is 12.2 Å². The maximum Gasteiger partial charge on any atom is 0.127 e. The fourth-order valence-electron chi connectivity index (χ4n) is 1.99. The Morgan fingerprint density at radius 3 is 2.50 bits per heavy atom. The minimum absolute atomic E-state index is 0.433. The van der Waals surface area contributed by atoms with Crippen LogP contribution in [0.1, 0.15) is 23.5 Å². The van der Waals surface area contributed by atoms with Crippen molar-refractivity contribution in [2.75, 3.05) is 7.11 Å². The summed E-state index contributed by atoms with van der Waals surface area (Å²) >= 11 is 6.03. The number of aryl methyl sites for hydroxylation is 1. The highest BCUT2D eigenvalue weighted by Gasteiger charge is 2.27. The molecule has 5 heteroatoms. The summed E-state index contributed by atoms with van der Waals surface area (Å²) in [6.45, 7) is 0. The van der Waals surface area contributed by atoms with E-state index in [1.807, 2.05) is 30.3 Å². The molecule has 0 amide bonds. The first kappa shape index (κ1) is 13.1. The zero-order chi connectivity index (χ0) is 13.1. The first-order valence-corrected chi connectivity index (χ1v) is 5.96. The molecular weight excluding hydrogens is 252 g/mol. The number of aromatic nitrogens is 2. The van der Waals surface area contributed by atoms with E-state index in [0.717, 1.165) is 5.56 Å². The van der Waals surface area contributed by atoms with E-state index in [9.17, 15) is 5.11 Å². The summed E-state index contributed by atoms with van der Waals surface area (Å²) < 4.78 is 6.94. The number of hydrogen-bond acceptors (Lipinski definition) is 3. The number of rotatable bonds is 4. The molecule has 2 rings (SSSR count). The van der Waals surface area contributed by atoms with Gasteiger partial charge in [-0.25, -0.2) is 0 Å². The Morgan fingerprint density at radius 1 is 1.33 bits per heavy atom. The van der Waals surface area contributed by atoms with Crippen LogP contribution in [0.15, 0.2) is 36.5 Å². The molecule has 0 saturated heterocycles. The lowest BCUT2D eigenvalue weighted by molar-refractivity contribution is -0.0187. The maximum absolute atomic E-state index is 10.4. The van der Waals surface area contributed by atoms with Crippen molar-refractivity contribution in [2.24, 2.45) is 7.05 Å². The zero-order valence-corrected chi connectivity index (χ0v) is 11.0. The molecule has 0 saturated carbocycles. The van der Waals surface area contributed by atoms with E-state index in [4.69, 9.17) is 16.3 Å². The summed E-state index contributed by atoms with van der Waals surface area (Å²) in [4.78, 5) is 0. The van der Waals surface area contributed by atoms with E-state index in [1.54, 1.807) is 18.8 Å². The Bertz CT molecular complexity index is 493. The van der Waals surface area contributed by atoms with Crippen LogP contribution < -0.4 is 0 Å². The SMILES string of the molecule is COC(c1ccccc1)C(O)c1c(Cl)cnn1C. The van der Waals surface area contributed by atoms with Crippen molar-refractivity contribution in [2.45, 2.75) is 12.2 Å². The van der Waals surface area contributed by atoms with Crippen LogP contribution in [0.2, 0.25) is 5.02 Å². The first-order chi connectivity index (χ1) is 8.65. The van der Waals surface area contributed by atoms with Crippen LogP contribution in [-0.4, -0.2) is 22.0 Å². The molecule has 0 fully saturated rings. The van der Waals surface area contributed by atoms with E-state index >= 15 is 0 Å². The second-order valence-electron chi connectivity index (χ2n) is 4.01. The largest absolute Gasteiger partial charge is 0.384 e. The minimum Gasteiger partial charge on any atom is -0.384 e. The number of aliphatic hydroxyl groups is 1. The Kier molecular flexibility index (Phi) is 4.01. The van der Waals surface area contributed by atoms with Gasteiger partial charge in [-0.05, 0) is 5.56 Å². The summed E-state index contributed by atoms with van der Waals surface area (Å²) in [5.41, 5.74) is 1.44. The van der Waals surface area contributed by atoms with Crippen molar-refractivity contribution < 1.29 is 9.84 Å². The number of nitrogens with zero attached hydrogens (tertiary/aromatic N) is 2. The summed E-state index contributed by atoms with van der Waals surface area (Å²) in [5, 5.41) is 14.9. The lowest BCUT2D eigenvalue weighted by atomic mass is 10.0. The van der Waals surface area contributed by atoms with E-state index in [1.165, 1.54) is 6.20 Å². The fourth-order valence-corrected chi connectivity index (χ4v) is 2.26. The predicted molar refractivity (Wildman–Crippen MR) is 69.4 cm³/mol. The summed E-state index contributed by atoms with van der Waals surface area (Å²) in [7, 11) is 3.30. The molecule has 1 N–H and O–H groups in total. The zero-order valence-electron chi connectivity index (χ0n) is 10.2. The standard InChI is InChI=1S/C13H15ClN2O2/c1-16-11(10(14)8-15-16)12(17)13(18-2)9-6-4-3-5-7-9/h3-8,12-13,17H,1-2H3. The lowest BCUT2D eigenvalue weighted by Crippen LogP contribution is -2.16. The summed E-state index contributed by atoms with van der Waals surface area (Å²) in [6, 6.07) is 9.53. The highest BCUT2D eigenvalue weighted by Crippen LogP contribution is 2.34. The fraction of sp³-hybridized carbons (Fsp3) is 0.308. The van der Waals surface area contributed by atoms with E-state index < -0.39 is 12.2 Å². The van der Waals surface area contributed by atoms with Crippen LogP contribution in [0.25, 0.3) is 0 Å². The molecule has 0 aliphatic heterocycles. The number of aliphatic hydroxyl groups excluding tert-OH is 1. The molecule has 2 atom stereocenters. The van der Waals surface area contributed by atoms with Crippen LogP contribution in [0.4, 0.5) is 0 Å². The number of methoxy groups -OCH3 is 1. The molecule has 1 aromatic heterocycles. The van der Waals surface area contributed by atoms with E-state index in [2.05, 4.69) is 5.10 Å². The minimum atomic E-state index is -0.864. The number of benzene rings is 1. The van der Waals surface area contributed by atoms with Crippen LogP contribution >= 0.6 is 11.6 Å². The van der Waals surface area contributed by atoms with Crippen molar-refractivity contribution in [3.05, 3.63) is 52.8 Å². The van der Waals surface area contributed by atoms with Crippen LogP contribution in [0.3, 0.4) is 0 Å². The van der Waals surface area contributed by atoms with Gasteiger partial charge >= 0.3 is 0 Å². The number of ether oxygens (including phenoxy) is 1. The van der Waals surface area contributed by atoms with Crippen molar-refractivity contribution >= 4 is 11.6 Å². The quantitative estimate of drug-likeness (QED) is 0.925. The number of hydrogen-bond donors (Lipinski definition) is 1. The van der Waals surface area contributed by atoms with Crippen LogP contribution in [0, 0.1) is 0 Å². The Morgan fingerprint density at radius 2 is 2.00 bits per heavy atom. The molecule has 4 nitrogen and oxygen atoms in total. The average Bonchev–Trinajstić information content (AvgIpc) is 2.71. The second kappa shape index (κ2) is 5.52. The van der Waals surface area contributed by atoms with Gasteiger partial charge in [0.15, 0.2) is 0 Å². The maximum atomic E-state index is 10.4. The van der Waals surface area contributed by atoms with Crippen molar-refractivity contribution in [1.82, 2.24) is 9.78 Å². The van der Waals surface area contributed by atoms with E-state index in [0.29, 0.717) is 10.7 Å². The van der Waals surface area contributed by atoms with Gasteiger partial charge in [-0.2, -0.15) is 5.10 Å². The van der Waals surface area contributed by atoms with Crippen molar-refractivity contribution in [1.29, 1.82) is 0 Å². The molecule has 18 heavy (non-hydrogen) atoms. The normalized spacial score (nSPS) is 14.4. The molecular formula is C13H15ClN2O2. The molecule has 0 spiro atoms. The molecule has 2 unspecified atom stereocenters. The Hall–Kier alpha value is -1.36. The van der Waals surface area contributed by atoms with Crippen LogP contribution in [-0.2, 0) is 11.8 Å². The monoisotopic (exact) mass is 266 g/mol. The second-order valence-corrected chi connectivity index (χ2v) is 4.42. The van der Waals surface area contributed by atoms with Gasteiger partial charge in [0.2, 0.25) is 0 Å². The smallest absolute Gasteiger partial charge is 0.127 e. The highest BCUT2D eigenvalue weighted by atomic mass is 35.5. The molecule has 1 aromatic carbocycles. The molecule has 0 bridgehead atoms. The van der Waals surface area contributed by atoms with Gasteiger partial charge in [-0.15, -0.1) is 0 Å². The third-order valence-corrected chi connectivity index (χ3v) is 3.18. The van der Waals surface area contributed by atoms with Gasteiger partial charge in [0, 0.05) is 14.2 Å². The topological polar surface area (TPSA) is 47.3 Å². The van der Waals surface area contributed by atoms with Crippen LogP contribution in [0.5, 0.6) is 0 Å². The van der Waals surface area contributed by atoms with Gasteiger partial charge < -0.3 is 9.84 Å². The number of halogens is 1. The summed E-state index contributed by atoms with van der Waals surface area (Å²) in [6.07, 6.45) is 0.175. The van der Waals surface area contributed by atoms with Gasteiger partial charge in [-0.3, -0.25) is 4.68 Å². The molecule has 0 aliphatic rings. The molecule has 1 heterocycles. The Balaban J connectivity index is 2.34.